The minimum atomic E-state index is 0. The Kier molecular flexibility index (Phi) is 3.56. The van der Waals surface area contributed by atoms with Crippen molar-refractivity contribution in [2.45, 2.75) is 31.6 Å². The molecule has 0 amide bonds. The third kappa shape index (κ3) is 2.11. The summed E-state index contributed by atoms with van der Waals surface area (Å²) in [5.74, 6) is 0.851. The molecule has 3 rings (SSSR count). The molecule has 2 heteroatoms. The van der Waals surface area contributed by atoms with Gasteiger partial charge in [0.25, 0.3) is 0 Å². The molecule has 1 aromatic rings. The minimum Gasteiger partial charge on any atom is -0.317 e. The fourth-order valence-electron chi connectivity index (χ4n) is 3.31. The largest absolute Gasteiger partial charge is 0.317 e. The van der Waals surface area contributed by atoms with Gasteiger partial charge in [0.15, 0.2) is 0 Å². The van der Waals surface area contributed by atoms with Crippen LogP contribution in [0.15, 0.2) is 30.3 Å². The number of hydrogen-bond donors (Lipinski definition) is 1. The van der Waals surface area contributed by atoms with E-state index in [1.54, 1.807) is 5.56 Å². The first-order chi connectivity index (χ1) is 7.38. The topological polar surface area (TPSA) is 12.0 Å². The van der Waals surface area contributed by atoms with Crippen LogP contribution in [0.25, 0.3) is 0 Å². The van der Waals surface area contributed by atoms with Crippen LogP contribution < -0.4 is 5.32 Å². The summed E-state index contributed by atoms with van der Waals surface area (Å²) in [6, 6.07) is 11.0. The van der Waals surface area contributed by atoms with Crippen LogP contribution in [0.5, 0.6) is 0 Å². The van der Waals surface area contributed by atoms with E-state index >= 15 is 0 Å². The van der Waals surface area contributed by atoms with Gasteiger partial charge in [0.05, 0.1) is 0 Å². The van der Waals surface area contributed by atoms with E-state index < -0.39 is 0 Å². The molecule has 1 nitrogen and oxygen atoms in total. The molecule has 0 atom stereocenters. The SMILES string of the molecule is Cl.c1ccc(C2CC3(CCNCC3)C2)cc1. The van der Waals surface area contributed by atoms with Crippen LogP contribution in [0.1, 0.15) is 37.2 Å². The lowest BCUT2D eigenvalue weighted by molar-refractivity contribution is 0.0604. The summed E-state index contributed by atoms with van der Waals surface area (Å²) in [7, 11) is 0. The van der Waals surface area contributed by atoms with Gasteiger partial charge < -0.3 is 5.32 Å². The standard InChI is InChI=1S/C14H19N.ClH/c1-2-4-12(5-3-1)13-10-14(11-13)6-8-15-9-7-14;/h1-5,13,15H,6-11H2;1H. The maximum absolute atomic E-state index is 3.46. The highest BCUT2D eigenvalue weighted by molar-refractivity contribution is 5.85. The van der Waals surface area contributed by atoms with Crippen LogP contribution in [0.3, 0.4) is 0 Å². The summed E-state index contributed by atoms with van der Waals surface area (Å²) >= 11 is 0. The van der Waals surface area contributed by atoms with Crippen LogP contribution in [-0.2, 0) is 0 Å². The van der Waals surface area contributed by atoms with Gasteiger partial charge in [-0.3, -0.25) is 0 Å². The quantitative estimate of drug-likeness (QED) is 0.790. The molecule has 1 saturated carbocycles. The zero-order valence-electron chi connectivity index (χ0n) is 9.61. The molecule has 2 aliphatic rings. The van der Waals surface area contributed by atoms with E-state index in [9.17, 15) is 0 Å². The average molecular weight is 238 g/mol. The predicted octanol–water partition coefficient (Wildman–Crippen LogP) is 3.36. The van der Waals surface area contributed by atoms with Crippen molar-refractivity contribution >= 4 is 12.4 Å². The van der Waals surface area contributed by atoms with Crippen LogP contribution in [0, 0.1) is 5.41 Å². The van der Waals surface area contributed by atoms with Crippen LogP contribution in [-0.4, -0.2) is 13.1 Å². The van der Waals surface area contributed by atoms with Gasteiger partial charge in [0.2, 0.25) is 0 Å². The number of benzene rings is 1. The Balaban J connectivity index is 0.000000963. The monoisotopic (exact) mass is 237 g/mol. The van der Waals surface area contributed by atoms with E-state index in [0.717, 1.165) is 5.92 Å². The van der Waals surface area contributed by atoms with Gasteiger partial charge >= 0.3 is 0 Å². The maximum atomic E-state index is 3.46. The number of hydrogen-bond acceptors (Lipinski definition) is 1. The molecule has 2 fully saturated rings. The fourth-order valence-corrected chi connectivity index (χ4v) is 3.31. The first kappa shape index (κ1) is 11.9. The molecule has 1 aromatic carbocycles. The Bertz CT molecular complexity index is 322. The lowest BCUT2D eigenvalue weighted by atomic mass is 9.56. The van der Waals surface area contributed by atoms with E-state index in [4.69, 9.17) is 0 Å². The summed E-state index contributed by atoms with van der Waals surface area (Å²) in [6.07, 6.45) is 5.66. The van der Waals surface area contributed by atoms with E-state index in [2.05, 4.69) is 35.6 Å². The van der Waals surface area contributed by atoms with Gasteiger partial charge in [-0.25, -0.2) is 0 Å². The maximum Gasteiger partial charge on any atom is -0.00436 e. The molecule has 1 N–H and O–H groups in total. The first-order valence-corrected chi connectivity index (χ1v) is 6.14. The lowest BCUT2D eigenvalue weighted by Crippen LogP contribution is -2.44. The third-order valence-electron chi connectivity index (χ3n) is 4.29. The highest BCUT2D eigenvalue weighted by Crippen LogP contribution is 2.55. The van der Waals surface area contributed by atoms with Crippen molar-refractivity contribution in [1.29, 1.82) is 0 Å². The smallest absolute Gasteiger partial charge is 0.00436 e. The first-order valence-electron chi connectivity index (χ1n) is 6.14. The number of nitrogens with one attached hydrogen (secondary N) is 1. The molecule has 88 valence electrons. The normalized spacial score (nSPS) is 23.5. The van der Waals surface area contributed by atoms with Crippen molar-refractivity contribution in [1.82, 2.24) is 5.32 Å². The second-order valence-electron chi connectivity index (χ2n) is 5.27. The van der Waals surface area contributed by atoms with Gasteiger partial charge in [-0.15, -0.1) is 12.4 Å². The Morgan fingerprint density at radius 1 is 1.00 bits per heavy atom. The molecular weight excluding hydrogens is 218 g/mol. The Labute approximate surface area is 104 Å². The van der Waals surface area contributed by atoms with E-state index in [-0.39, 0.29) is 12.4 Å². The van der Waals surface area contributed by atoms with Gasteiger partial charge in [0, 0.05) is 0 Å². The summed E-state index contributed by atoms with van der Waals surface area (Å²) in [6.45, 7) is 2.48. The summed E-state index contributed by atoms with van der Waals surface area (Å²) in [5.41, 5.74) is 2.27. The second kappa shape index (κ2) is 4.77. The van der Waals surface area contributed by atoms with Crippen molar-refractivity contribution in [2.75, 3.05) is 13.1 Å². The van der Waals surface area contributed by atoms with E-state index in [1.165, 1.54) is 38.8 Å². The van der Waals surface area contributed by atoms with Crippen molar-refractivity contribution in [2.24, 2.45) is 5.41 Å². The second-order valence-corrected chi connectivity index (χ2v) is 5.27. The lowest BCUT2D eigenvalue weighted by Gasteiger charge is -2.50. The Hall–Kier alpha value is -0.530. The van der Waals surface area contributed by atoms with Crippen molar-refractivity contribution < 1.29 is 0 Å². The Morgan fingerprint density at radius 3 is 2.25 bits per heavy atom. The van der Waals surface area contributed by atoms with Gasteiger partial charge in [0.1, 0.15) is 0 Å². The summed E-state index contributed by atoms with van der Waals surface area (Å²) in [4.78, 5) is 0. The minimum absolute atomic E-state index is 0. The molecule has 1 heterocycles. The summed E-state index contributed by atoms with van der Waals surface area (Å²) in [5, 5.41) is 3.46. The van der Waals surface area contributed by atoms with Gasteiger partial charge in [-0.1, -0.05) is 30.3 Å². The molecular formula is C14H20ClN. The third-order valence-corrected chi connectivity index (χ3v) is 4.29. The molecule has 0 aromatic heterocycles. The molecule has 0 bridgehead atoms. The van der Waals surface area contributed by atoms with Crippen molar-refractivity contribution in [3.63, 3.8) is 0 Å². The van der Waals surface area contributed by atoms with Crippen LogP contribution in [0.2, 0.25) is 0 Å². The number of rotatable bonds is 1. The molecule has 1 aliphatic heterocycles. The van der Waals surface area contributed by atoms with Crippen molar-refractivity contribution in [3.05, 3.63) is 35.9 Å². The molecule has 16 heavy (non-hydrogen) atoms. The fraction of sp³-hybridized carbons (Fsp3) is 0.571. The highest BCUT2D eigenvalue weighted by atomic mass is 35.5. The average Bonchev–Trinajstić information content (AvgIpc) is 2.28. The predicted molar refractivity (Wildman–Crippen MR) is 70.2 cm³/mol. The van der Waals surface area contributed by atoms with Gasteiger partial charge in [-0.2, -0.15) is 0 Å². The molecule has 0 unspecified atom stereocenters. The zero-order chi connectivity index (χ0) is 10.1. The van der Waals surface area contributed by atoms with Gasteiger partial charge in [-0.05, 0) is 55.7 Å². The number of halogens is 1. The highest BCUT2D eigenvalue weighted by Gasteiger charge is 2.44. The van der Waals surface area contributed by atoms with Crippen molar-refractivity contribution in [3.8, 4) is 0 Å². The van der Waals surface area contributed by atoms with E-state index in [0.29, 0.717) is 5.41 Å². The van der Waals surface area contributed by atoms with Crippen LogP contribution >= 0.6 is 12.4 Å². The Morgan fingerprint density at radius 2 is 1.62 bits per heavy atom. The molecule has 1 aliphatic carbocycles. The number of piperidine rings is 1. The van der Waals surface area contributed by atoms with Crippen LogP contribution in [0.4, 0.5) is 0 Å². The molecule has 0 radical (unpaired) electrons. The zero-order valence-corrected chi connectivity index (χ0v) is 10.4. The molecule has 1 spiro atoms. The molecule has 1 saturated heterocycles. The summed E-state index contributed by atoms with van der Waals surface area (Å²) < 4.78 is 0. The van der Waals surface area contributed by atoms with E-state index in [1.807, 2.05) is 0 Å².